The van der Waals surface area contributed by atoms with Crippen molar-refractivity contribution in [3.05, 3.63) is 94.7 Å². The Kier molecular flexibility index (Phi) is 3.78. The number of nitrogens with zero attached hydrogens (tertiary/aromatic N) is 2. The second kappa shape index (κ2) is 6.24. The van der Waals surface area contributed by atoms with E-state index in [0.717, 1.165) is 21.8 Å². The molecule has 0 amide bonds. The zero-order chi connectivity index (χ0) is 17.2. The van der Waals surface area contributed by atoms with Crippen molar-refractivity contribution >= 4 is 27.2 Å². The van der Waals surface area contributed by atoms with Crippen LogP contribution in [0.3, 0.4) is 0 Å². The molecule has 0 saturated carbocycles. The number of para-hydroxylation sites is 1. The first-order valence-corrected chi connectivity index (χ1v) is 8.11. The Bertz CT molecular complexity index is 1190. The van der Waals surface area contributed by atoms with E-state index in [4.69, 9.17) is 0 Å². The molecule has 1 heterocycles. The van der Waals surface area contributed by atoms with Crippen molar-refractivity contribution in [3.8, 4) is 0 Å². The summed E-state index contributed by atoms with van der Waals surface area (Å²) < 4.78 is 1.60. The molecule has 122 valence electrons. The molecule has 4 aromatic rings. The molecule has 0 saturated heterocycles. The second-order valence-electron chi connectivity index (χ2n) is 5.87. The molecule has 0 fully saturated rings. The van der Waals surface area contributed by atoms with Gasteiger partial charge in [-0.15, -0.1) is 0 Å². The lowest BCUT2D eigenvalue weighted by atomic mass is 10.1. The average Bonchev–Trinajstić information content (AvgIpc) is 2.76. The van der Waals surface area contributed by atoms with Crippen LogP contribution in [0.5, 0.6) is 0 Å². The third-order valence-corrected chi connectivity index (χ3v) is 4.30. The van der Waals surface area contributed by atoms with Gasteiger partial charge in [0.1, 0.15) is 0 Å². The number of hydrogen-bond acceptors (Lipinski definition) is 3. The van der Waals surface area contributed by atoms with E-state index >= 15 is 0 Å². The first-order chi connectivity index (χ1) is 12.3. The van der Waals surface area contributed by atoms with Crippen molar-refractivity contribution in [2.75, 3.05) is 5.43 Å². The molecular weight excluding hydrogens is 310 g/mol. The van der Waals surface area contributed by atoms with E-state index in [-0.39, 0.29) is 5.56 Å². The van der Waals surface area contributed by atoms with Crippen LogP contribution < -0.4 is 16.5 Å². The van der Waals surface area contributed by atoms with Gasteiger partial charge in [-0.3, -0.25) is 14.8 Å². The zero-order valence-corrected chi connectivity index (χ0v) is 13.8. The summed E-state index contributed by atoms with van der Waals surface area (Å²) in [4.78, 5) is 12.9. The fraction of sp³-hybridized carbons (Fsp3) is 0.0476. The molecule has 0 aliphatic carbocycles. The van der Waals surface area contributed by atoms with Crippen LogP contribution in [0.1, 0.15) is 0 Å². The second-order valence-corrected chi connectivity index (χ2v) is 5.87. The van der Waals surface area contributed by atoms with Crippen molar-refractivity contribution in [1.29, 1.82) is 0 Å². The van der Waals surface area contributed by atoms with Crippen LogP contribution in [-0.2, 0) is 7.05 Å². The summed E-state index contributed by atoms with van der Waals surface area (Å²) in [6, 6.07) is 25.3. The summed E-state index contributed by atoms with van der Waals surface area (Å²) in [6.45, 7) is 0. The maximum absolute atomic E-state index is 12.9. The van der Waals surface area contributed by atoms with Gasteiger partial charge in [0.25, 0.3) is 5.56 Å². The molecule has 0 atom stereocenters. The highest BCUT2D eigenvalue weighted by Gasteiger charge is 2.07. The van der Waals surface area contributed by atoms with Gasteiger partial charge in [0.2, 0.25) is 0 Å². The van der Waals surface area contributed by atoms with Gasteiger partial charge < -0.3 is 0 Å². The molecule has 4 rings (SSSR count). The topological polar surface area (TPSA) is 46.4 Å². The number of fused-ring (bicyclic) bond motifs is 3. The largest absolute Gasteiger partial charge is 0.294 e. The third-order valence-electron chi connectivity index (χ3n) is 4.30. The minimum atomic E-state index is -0.0691. The minimum Gasteiger partial charge on any atom is -0.294 e. The summed E-state index contributed by atoms with van der Waals surface area (Å²) in [5.41, 5.74) is 4.45. The van der Waals surface area contributed by atoms with Crippen LogP contribution in [0.2, 0.25) is 0 Å². The standard InChI is InChI=1S/C21H17N3O/c1-24-20(23-22-15-9-3-2-4-10-15)18-13-7-5-11-16(18)17-12-6-8-14-19(17)21(24)25/h2-14,22H,1H3/b23-20+. The fourth-order valence-electron chi connectivity index (χ4n) is 3.04. The molecule has 25 heavy (non-hydrogen) atoms. The van der Waals surface area contributed by atoms with E-state index < -0.39 is 0 Å². The van der Waals surface area contributed by atoms with Crippen molar-refractivity contribution in [2.45, 2.75) is 0 Å². The predicted octanol–water partition coefficient (Wildman–Crippen LogP) is 3.62. The van der Waals surface area contributed by atoms with Crippen LogP contribution in [0.25, 0.3) is 21.5 Å². The van der Waals surface area contributed by atoms with Crippen LogP contribution >= 0.6 is 0 Å². The molecule has 0 bridgehead atoms. The lowest BCUT2D eigenvalue weighted by Gasteiger charge is -2.01. The Hall–Kier alpha value is -3.40. The van der Waals surface area contributed by atoms with Gasteiger partial charge in [-0.2, -0.15) is 5.10 Å². The highest BCUT2D eigenvalue weighted by Crippen LogP contribution is 2.19. The van der Waals surface area contributed by atoms with Crippen LogP contribution in [-0.4, -0.2) is 4.57 Å². The Morgan fingerprint density at radius 1 is 0.720 bits per heavy atom. The van der Waals surface area contributed by atoms with E-state index in [1.807, 2.05) is 78.9 Å². The van der Waals surface area contributed by atoms with Crippen molar-refractivity contribution < 1.29 is 0 Å². The molecule has 1 N–H and O–H groups in total. The first-order valence-electron chi connectivity index (χ1n) is 8.11. The molecular formula is C21H17N3O. The summed E-state index contributed by atoms with van der Waals surface area (Å²) in [5, 5.41) is 8.08. The third kappa shape index (κ3) is 2.68. The Labute approximate surface area is 144 Å². The smallest absolute Gasteiger partial charge is 0.259 e. The summed E-state index contributed by atoms with van der Waals surface area (Å²) >= 11 is 0. The number of benzene rings is 3. The monoisotopic (exact) mass is 327 g/mol. The highest BCUT2D eigenvalue weighted by atomic mass is 16.1. The van der Waals surface area contributed by atoms with Crippen molar-refractivity contribution in [3.63, 3.8) is 0 Å². The number of rotatable bonds is 2. The van der Waals surface area contributed by atoms with Gasteiger partial charge in [0.15, 0.2) is 5.49 Å². The Morgan fingerprint density at radius 3 is 1.92 bits per heavy atom. The van der Waals surface area contributed by atoms with Gasteiger partial charge >= 0.3 is 0 Å². The first kappa shape index (κ1) is 15.1. The van der Waals surface area contributed by atoms with Crippen LogP contribution in [0.15, 0.2) is 88.8 Å². The predicted molar refractivity (Wildman–Crippen MR) is 102 cm³/mol. The van der Waals surface area contributed by atoms with E-state index in [9.17, 15) is 4.79 Å². The Morgan fingerprint density at radius 2 is 1.24 bits per heavy atom. The van der Waals surface area contributed by atoms with Gasteiger partial charge in [-0.25, -0.2) is 0 Å². The molecule has 0 aliphatic heterocycles. The molecule has 0 spiro atoms. The number of hydrogen-bond donors (Lipinski definition) is 1. The maximum Gasteiger partial charge on any atom is 0.259 e. The molecule has 0 radical (unpaired) electrons. The molecule has 0 aliphatic rings. The van der Waals surface area contributed by atoms with Crippen molar-refractivity contribution in [2.24, 2.45) is 12.1 Å². The minimum absolute atomic E-state index is 0.0691. The molecule has 3 aromatic carbocycles. The number of anilines is 1. The normalized spacial score (nSPS) is 11.8. The van der Waals surface area contributed by atoms with Crippen LogP contribution in [0, 0.1) is 0 Å². The van der Waals surface area contributed by atoms with E-state index in [1.54, 1.807) is 11.6 Å². The van der Waals surface area contributed by atoms with Gasteiger partial charge in [-0.05, 0) is 29.0 Å². The SMILES string of the molecule is Cn1c(=O)c2ccccc2c2ccccc2/c1=N\Nc1ccccc1. The van der Waals surface area contributed by atoms with Gasteiger partial charge in [0.05, 0.1) is 5.69 Å². The van der Waals surface area contributed by atoms with Crippen LogP contribution in [0.4, 0.5) is 5.69 Å². The fourth-order valence-corrected chi connectivity index (χ4v) is 3.04. The lowest BCUT2D eigenvalue weighted by molar-refractivity contribution is 0.815. The summed E-state index contributed by atoms with van der Waals surface area (Å²) in [7, 11) is 1.76. The molecule has 4 heteroatoms. The van der Waals surface area contributed by atoms with E-state index in [0.29, 0.717) is 10.9 Å². The number of aromatic nitrogens is 1. The summed E-state index contributed by atoms with van der Waals surface area (Å²) in [6.07, 6.45) is 0. The molecule has 0 unspecified atom stereocenters. The quantitative estimate of drug-likeness (QED) is 0.572. The zero-order valence-electron chi connectivity index (χ0n) is 13.8. The van der Waals surface area contributed by atoms with Crippen molar-refractivity contribution in [1.82, 2.24) is 4.57 Å². The molecule has 1 aromatic heterocycles. The van der Waals surface area contributed by atoms with E-state index in [2.05, 4.69) is 10.5 Å². The maximum atomic E-state index is 12.9. The number of nitrogens with one attached hydrogen (secondary N) is 1. The van der Waals surface area contributed by atoms with E-state index in [1.165, 1.54) is 0 Å². The molecule has 4 nitrogen and oxygen atoms in total. The lowest BCUT2D eigenvalue weighted by Crippen LogP contribution is -2.29. The van der Waals surface area contributed by atoms with Gasteiger partial charge in [-0.1, -0.05) is 60.7 Å². The summed E-state index contributed by atoms with van der Waals surface area (Å²) in [5.74, 6) is 0. The highest BCUT2D eigenvalue weighted by molar-refractivity contribution is 6.05. The Balaban J connectivity index is 2.13. The average molecular weight is 327 g/mol. The van der Waals surface area contributed by atoms with Gasteiger partial charge in [0, 0.05) is 17.8 Å².